The minimum Gasteiger partial charge on any atom is -0.464 e. The molecule has 7 nitrogen and oxygen atoms in total. The molecular formula is C16H18N4O3. The zero-order chi connectivity index (χ0) is 16.6. The van der Waals surface area contributed by atoms with Crippen LogP contribution < -0.4 is 16.6 Å². The number of H-pyrrole nitrogens is 2. The number of aromatic nitrogens is 2. The Balaban J connectivity index is 2.31. The molecule has 2 heterocycles. The lowest BCUT2D eigenvalue weighted by Crippen LogP contribution is -2.25. The number of methoxy groups -OCH3 is 1. The van der Waals surface area contributed by atoms with E-state index in [1.54, 1.807) is 12.1 Å². The van der Waals surface area contributed by atoms with Crippen molar-refractivity contribution in [1.29, 1.82) is 0 Å². The summed E-state index contributed by atoms with van der Waals surface area (Å²) in [7, 11) is 1.33. The van der Waals surface area contributed by atoms with Crippen LogP contribution in [0.5, 0.6) is 0 Å². The van der Waals surface area contributed by atoms with Crippen LogP contribution >= 0.6 is 0 Å². The number of esters is 1. The molecular weight excluding hydrogens is 296 g/mol. The summed E-state index contributed by atoms with van der Waals surface area (Å²) < 4.78 is 4.85. The first-order chi connectivity index (χ1) is 11.0. The van der Waals surface area contributed by atoms with Gasteiger partial charge in [0.1, 0.15) is 5.69 Å². The first-order valence-corrected chi connectivity index (χ1v) is 7.26. The minimum atomic E-state index is -0.467. The Bertz CT molecular complexity index is 940. The molecule has 0 aliphatic carbocycles. The van der Waals surface area contributed by atoms with Crippen LogP contribution in [-0.2, 0) is 4.74 Å². The van der Waals surface area contributed by atoms with Gasteiger partial charge in [-0.3, -0.25) is 4.79 Å². The van der Waals surface area contributed by atoms with Crippen LogP contribution in [0, 0.1) is 0 Å². The van der Waals surface area contributed by atoms with E-state index in [0.717, 1.165) is 16.3 Å². The van der Waals surface area contributed by atoms with E-state index in [2.05, 4.69) is 15.3 Å². The number of ether oxygens (including phenoxy) is 1. The molecule has 0 fully saturated rings. The summed E-state index contributed by atoms with van der Waals surface area (Å²) >= 11 is 0. The molecule has 1 unspecified atom stereocenters. The van der Waals surface area contributed by atoms with Crippen LogP contribution in [-0.4, -0.2) is 35.6 Å². The molecule has 1 atom stereocenters. The first kappa shape index (κ1) is 15.1. The van der Waals surface area contributed by atoms with Gasteiger partial charge in [0.25, 0.3) is 0 Å². The number of fused-ring (bicyclic) bond motifs is 3. The smallest absolute Gasteiger partial charge is 0.356 e. The number of nitrogens with one attached hydrogen (secondary N) is 3. The number of carbonyl (C=O) groups excluding carboxylic acids is 1. The number of anilines is 1. The van der Waals surface area contributed by atoms with Crippen LogP contribution in [0.25, 0.3) is 21.8 Å². The van der Waals surface area contributed by atoms with Crippen molar-refractivity contribution in [2.45, 2.75) is 13.0 Å². The zero-order valence-corrected chi connectivity index (χ0v) is 12.9. The lowest BCUT2D eigenvalue weighted by Gasteiger charge is -2.10. The van der Waals surface area contributed by atoms with E-state index < -0.39 is 5.97 Å². The van der Waals surface area contributed by atoms with Gasteiger partial charge < -0.3 is 25.8 Å². The van der Waals surface area contributed by atoms with Crippen molar-refractivity contribution in [2.24, 2.45) is 5.73 Å². The second-order valence-corrected chi connectivity index (χ2v) is 5.50. The average Bonchev–Trinajstić information content (AvgIpc) is 2.90. The SMILES string of the molecule is COC(=O)c1[nH]c2ccc3[nH]c(=O)ccc3c2c1NCC(C)N. The molecule has 0 amide bonds. The van der Waals surface area contributed by atoms with Crippen LogP contribution in [0.1, 0.15) is 17.4 Å². The summed E-state index contributed by atoms with van der Waals surface area (Å²) in [6, 6.07) is 6.73. The number of hydrogen-bond acceptors (Lipinski definition) is 5. The molecule has 0 aliphatic heterocycles. The van der Waals surface area contributed by atoms with Crippen LogP contribution in [0.4, 0.5) is 5.69 Å². The molecule has 0 radical (unpaired) electrons. The fraction of sp³-hybridized carbons (Fsp3) is 0.250. The van der Waals surface area contributed by atoms with Crippen molar-refractivity contribution in [3.8, 4) is 0 Å². The zero-order valence-electron chi connectivity index (χ0n) is 12.9. The normalized spacial score (nSPS) is 12.5. The minimum absolute atomic E-state index is 0.0831. The number of benzene rings is 1. The standard InChI is InChI=1S/C16H18N4O3/c1-8(17)7-18-14-13-9-3-6-12(21)19-10(9)4-5-11(13)20-15(14)16(22)23-2/h3-6,8,18,20H,7,17H2,1-2H3,(H,19,21). The third kappa shape index (κ3) is 2.66. The summed E-state index contributed by atoms with van der Waals surface area (Å²) in [5.41, 5.74) is 8.07. The Morgan fingerprint density at radius 1 is 1.26 bits per heavy atom. The molecule has 23 heavy (non-hydrogen) atoms. The van der Waals surface area contributed by atoms with Gasteiger partial charge in [0.2, 0.25) is 5.56 Å². The number of rotatable bonds is 4. The highest BCUT2D eigenvalue weighted by Crippen LogP contribution is 2.33. The van der Waals surface area contributed by atoms with Crippen molar-refractivity contribution < 1.29 is 9.53 Å². The third-order valence-corrected chi connectivity index (χ3v) is 3.65. The Morgan fingerprint density at radius 3 is 2.70 bits per heavy atom. The maximum Gasteiger partial charge on any atom is 0.356 e. The van der Waals surface area contributed by atoms with Gasteiger partial charge in [-0.1, -0.05) is 0 Å². The quantitative estimate of drug-likeness (QED) is 0.546. The summed E-state index contributed by atoms with van der Waals surface area (Å²) in [6.45, 7) is 2.37. The highest BCUT2D eigenvalue weighted by molar-refractivity contribution is 6.16. The fourth-order valence-corrected chi connectivity index (χ4v) is 2.63. The van der Waals surface area contributed by atoms with Crippen molar-refractivity contribution in [1.82, 2.24) is 9.97 Å². The second-order valence-electron chi connectivity index (χ2n) is 5.50. The van der Waals surface area contributed by atoms with Gasteiger partial charge in [0.05, 0.1) is 12.8 Å². The van der Waals surface area contributed by atoms with E-state index in [1.807, 2.05) is 13.0 Å². The number of carbonyl (C=O) groups is 1. The van der Waals surface area contributed by atoms with Gasteiger partial charge in [-0.05, 0) is 25.1 Å². The molecule has 0 spiro atoms. The second kappa shape index (κ2) is 5.77. The molecule has 1 aromatic carbocycles. The average molecular weight is 314 g/mol. The summed E-state index contributed by atoms with van der Waals surface area (Å²) in [4.78, 5) is 29.4. The van der Waals surface area contributed by atoms with Gasteiger partial charge in [0.15, 0.2) is 0 Å². The van der Waals surface area contributed by atoms with Crippen LogP contribution in [0.15, 0.2) is 29.1 Å². The van der Waals surface area contributed by atoms with Gasteiger partial charge in [-0.15, -0.1) is 0 Å². The molecule has 0 saturated carbocycles. The highest BCUT2D eigenvalue weighted by Gasteiger charge is 2.20. The Morgan fingerprint density at radius 2 is 2.00 bits per heavy atom. The number of hydrogen-bond donors (Lipinski definition) is 4. The number of pyridine rings is 1. The maximum atomic E-state index is 12.1. The predicted molar refractivity (Wildman–Crippen MR) is 89.9 cm³/mol. The van der Waals surface area contributed by atoms with E-state index in [1.165, 1.54) is 13.2 Å². The van der Waals surface area contributed by atoms with Crippen molar-refractivity contribution in [3.05, 3.63) is 40.3 Å². The molecule has 3 aromatic rings. The van der Waals surface area contributed by atoms with E-state index >= 15 is 0 Å². The molecule has 7 heteroatoms. The maximum absolute atomic E-state index is 12.1. The first-order valence-electron chi connectivity index (χ1n) is 7.26. The molecule has 0 aliphatic rings. The summed E-state index contributed by atoms with van der Waals surface area (Å²) in [6.07, 6.45) is 0. The summed E-state index contributed by atoms with van der Waals surface area (Å²) in [5, 5.41) is 4.86. The molecule has 2 aromatic heterocycles. The topological polar surface area (TPSA) is 113 Å². The van der Waals surface area contributed by atoms with Gasteiger partial charge in [0, 0.05) is 40.5 Å². The Hall–Kier alpha value is -2.80. The fourth-order valence-electron chi connectivity index (χ4n) is 2.63. The molecule has 0 saturated heterocycles. The van der Waals surface area contributed by atoms with E-state index in [0.29, 0.717) is 23.4 Å². The lowest BCUT2D eigenvalue weighted by atomic mass is 10.1. The van der Waals surface area contributed by atoms with Crippen molar-refractivity contribution >= 4 is 33.5 Å². The molecule has 0 bridgehead atoms. The summed E-state index contributed by atoms with van der Waals surface area (Å²) in [5.74, 6) is -0.467. The van der Waals surface area contributed by atoms with Gasteiger partial charge in [-0.25, -0.2) is 4.79 Å². The van der Waals surface area contributed by atoms with Gasteiger partial charge >= 0.3 is 5.97 Å². The number of nitrogens with two attached hydrogens (primary N) is 1. The number of aromatic amines is 2. The monoisotopic (exact) mass is 314 g/mol. The predicted octanol–water partition coefficient (Wildman–Crippen LogP) is 1.56. The van der Waals surface area contributed by atoms with Crippen LogP contribution in [0.3, 0.4) is 0 Å². The molecule has 5 N–H and O–H groups in total. The largest absolute Gasteiger partial charge is 0.464 e. The van der Waals surface area contributed by atoms with Crippen LogP contribution in [0.2, 0.25) is 0 Å². The van der Waals surface area contributed by atoms with E-state index in [9.17, 15) is 9.59 Å². The Labute approximate surface area is 131 Å². The molecule has 3 rings (SSSR count). The third-order valence-electron chi connectivity index (χ3n) is 3.65. The highest BCUT2D eigenvalue weighted by atomic mass is 16.5. The van der Waals surface area contributed by atoms with E-state index in [4.69, 9.17) is 10.5 Å². The van der Waals surface area contributed by atoms with Crippen molar-refractivity contribution in [2.75, 3.05) is 19.0 Å². The molecule has 120 valence electrons. The Kier molecular flexibility index (Phi) is 3.79. The van der Waals surface area contributed by atoms with E-state index in [-0.39, 0.29) is 11.6 Å². The lowest BCUT2D eigenvalue weighted by molar-refractivity contribution is 0.0596. The van der Waals surface area contributed by atoms with Crippen molar-refractivity contribution in [3.63, 3.8) is 0 Å². The van der Waals surface area contributed by atoms with Gasteiger partial charge in [-0.2, -0.15) is 0 Å².